The van der Waals surface area contributed by atoms with Gasteiger partial charge in [0.1, 0.15) is 5.69 Å². The van der Waals surface area contributed by atoms with Crippen molar-refractivity contribution in [2.75, 3.05) is 0 Å². The van der Waals surface area contributed by atoms with Crippen molar-refractivity contribution in [1.82, 2.24) is 5.16 Å². The molecule has 1 aromatic heterocycles. The molecular formula is C23H23NO3. The zero-order valence-corrected chi connectivity index (χ0v) is 15.6. The molecule has 0 bridgehead atoms. The van der Waals surface area contributed by atoms with E-state index in [2.05, 4.69) is 37.4 Å². The van der Waals surface area contributed by atoms with Gasteiger partial charge in [-0.05, 0) is 36.6 Å². The summed E-state index contributed by atoms with van der Waals surface area (Å²) in [5.41, 5.74) is 4.93. The standard InChI is InChI=1S/C21H19NO3.C2H4/c1-3-7-14-8-6-11-18(17(14)4-2)20-13-19(22-25-20)15-9-5-10-16(12-15)21(23)24;1-2/h3,5-13H,4H2,1-2H3,(H,23,24);1-2H2/b7-3-;. The molecule has 27 heavy (non-hydrogen) atoms. The molecule has 4 nitrogen and oxygen atoms in total. The highest BCUT2D eigenvalue weighted by Crippen LogP contribution is 2.31. The Morgan fingerprint density at radius 1 is 1.19 bits per heavy atom. The lowest BCUT2D eigenvalue weighted by molar-refractivity contribution is 0.0697. The number of aromatic carboxylic acids is 1. The number of carboxylic acids is 1. The number of benzene rings is 2. The van der Waals surface area contributed by atoms with Crippen LogP contribution < -0.4 is 0 Å². The predicted octanol–water partition coefficient (Wildman–Crippen LogP) is 6.10. The van der Waals surface area contributed by atoms with Gasteiger partial charge >= 0.3 is 5.97 Å². The third-order valence-electron chi connectivity index (χ3n) is 4.09. The average molecular weight is 361 g/mol. The van der Waals surface area contributed by atoms with Crippen molar-refractivity contribution >= 4 is 12.0 Å². The first-order valence-corrected chi connectivity index (χ1v) is 8.69. The number of carbonyl (C=O) groups is 1. The minimum Gasteiger partial charge on any atom is -0.478 e. The fourth-order valence-corrected chi connectivity index (χ4v) is 2.92. The van der Waals surface area contributed by atoms with Crippen molar-refractivity contribution < 1.29 is 14.4 Å². The zero-order chi connectivity index (χ0) is 19.8. The molecule has 3 rings (SSSR count). The maximum atomic E-state index is 11.1. The first-order valence-electron chi connectivity index (χ1n) is 8.69. The van der Waals surface area contributed by atoms with Crippen LogP contribution in [-0.2, 0) is 6.42 Å². The van der Waals surface area contributed by atoms with Crippen LogP contribution in [0.4, 0.5) is 0 Å². The van der Waals surface area contributed by atoms with Crippen LogP contribution >= 0.6 is 0 Å². The van der Waals surface area contributed by atoms with Crippen LogP contribution in [-0.4, -0.2) is 16.2 Å². The smallest absolute Gasteiger partial charge is 0.335 e. The summed E-state index contributed by atoms with van der Waals surface area (Å²) in [6.07, 6.45) is 4.97. The summed E-state index contributed by atoms with van der Waals surface area (Å²) in [5, 5.41) is 13.3. The molecule has 0 spiro atoms. The quantitative estimate of drug-likeness (QED) is 0.557. The van der Waals surface area contributed by atoms with Gasteiger partial charge in [-0.1, -0.05) is 54.6 Å². The monoisotopic (exact) mass is 361 g/mol. The van der Waals surface area contributed by atoms with Crippen molar-refractivity contribution in [3.8, 4) is 22.6 Å². The van der Waals surface area contributed by atoms with E-state index < -0.39 is 5.97 Å². The van der Waals surface area contributed by atoms with Crippen LogP contribution in [0, 0.1) is 0 Å². The Labute approximate surface area is 159 Å². The topological polar surface area (TPSA) is 63.3 Å². The van der Waals surface area contributed by atoms with E-state index in [1.54, 1.807) is 18.2 Å². The van der Waals surface area contributed by atoms with Gasteiger partial charge in [0.2, 0.25) is 0 Å². The van der Waals surface area contributed by atoms with Gasteiger partial charge in [-0.2, -0.15) is 0 Å². The van der Waals surface area contributed by atoms with Crippen molar-refractivity contribution in [1.29, 1.82) is 0 Å². The Balaban J connectivity index is 0.00000126. The molecule has 3 aromatic rings. The molecule has 0 unspecified atom stereocenters. The van der Waals surface area contributed by atoms with Crippen molar-refractivity contribution in [3.63, 3.8) is 0 Å². The van der Waals surface area contributed by atoms with E-state index >= 15 is 0 Å². The average Bonchev–Trinajstić information content (AvgIpc) is 3.20. The second kappa shape index (κ2) is 9.34. The molecule has 1 heterocycles. The molecule has 0 saturated heterocycles. The molecule has 1 N–H and O–H groups in total. The van der Waals surface area contributed by atoms with Gasteiger partial charge in [0.15, 0.2) is 5.76 Å². The maximum Gasteiger partial charge on any atom is 0.335 e. The summed E-state index contributed by atoms with van der Waals surface area (Å²) in [7, 11) is 0. The summed E-state index contributed by atoms with van der Waals surface area (Å²) in [4.78, 5) is 11.1. The van der Waals surface area contributed by atoms with Crippen molar-refractivity contribution in [2.45, 2.75) is 20.3 Å². The zero-order valence-electron chi connectivity index (χ0n) is 15.6. The highest BCUT2D eigenvalue weighted by Gasteiger charge is 2.14. The highest BCUT2D eigenvalue weighted by molar-refractivity contribution is 5.89. The molecule has 0 aliphatic rings. The summed E-state index contributed by atoms with van der Waals surface area (Å²) < 4.78 is 5.56. The number of nitrogens with zero attached hydrogens (tertiary/aromatic N) is 1. The molecule has 0 atom stereocenters. The predicted molar refractivity (Wildman–Crippen MR) is 110 cm³/mol. The molecule has 138 valence electrons. The van der Waals surface area contributed by atoms with Crippen LogP contribution in [0.3, 0.4) is 0 Å². The van der Waals surface area contributed by atoms with Gasteiger partial charge in [-0.25, -0.2) is 4.79 Å². The lowest BCUT2D eigenvalue weighted by Crippen LogP contribution is -1.95. The molecule has 0 radical (unpaired) electrons. The minimum atomic E-state index is -0.960. The summed E-state index contributed by atoms with van der Waals surface area (Å²) in [5.74, 6) is -0.281. The SMILES string of the molecule is C/C=C\c1cccc(-c2cc(-c3cccc(C(=O)O)c3)no2)c1CC.C=C. The molecule has 0 aliphatic heterocycles. The van der Waals surface area contributed by atoms with Gasteiger partial charge in [0.25, 0.3) is 0 Å². The summed E-state index contributed by atoms with van der Waals surface area (Å²) >= 11 is 0. The Morgan fingerprint density at radius 3 is 2.59 bits per heavy atom. The minimum absolute atomic E-state index is 0.228. The Bertz CT molecular complexity index is 954. The molecule has 0 saturated carbocycles. The number of carboxylic acid groups (broad SMARTS) is 1. The fourth-order valence-electron chi connectivity index (χ4n) is 2.92. The molecule has 0 amide bonds. The molecule has 0 fully saturated rings. The lowest BCUT2D eigenvalue weighted by Gasteiger charge is -2.08. The van der Waals surface area contributed by atoms with Crippen LogP contribution in [0.15, 0.2) is 72.3 Å². The van der Waals surface area contributed by atoms with Gasteiger partial charge in [0.05, 0.1) is 5.56 Å². The maximum absolute atomic E-state index is 11.1. The van der Waals surface area contributed by atoms with Gasteiger partial charge < -0.3 is 9.63 Å². The van der Waals surface area contributed by atoms with Crippen molar-refractivity contribution in [3.05, 3.63) is 84.5 Å². The van der Waals surface area contributed by atoms with E-state index in [1.165, 1.54) is 5.56 Å². The Hall–Kier alpha value is -3.40. The van der Waals surface area contributed by atoms with E-state index in [4.69, 9.17) is 9.63 Å². The van der Waals surface area contributed by atoms with Gasteiger partial charge in [0, 0.05) is 17.2 Å². The van der Waals surface area contributed by atoms with Crippen LogP contribution in [0.2, 0.25) is 0 Å². The van der Waals surface area contributed by atoms with Gasteiger partial charge in [-0.3, -0.25) is 0 Å². The Morgan fingerprint density at radius 2 is 1.93 bits per heavy atom. The second-order valence-corrected chi connectivity index (χ2v) is 5.69. The van der Waals surface area contributed by atoms with E-state index in [0.29, 0.717) is 11.5 Å². The second-order valence-electron chi connectivity index (χ2n) is 5.69. The molecule has 0 aliphatic carbocycles. The summed E-state index contributed by atoms with van der Waals surface area (Å²) in [6.45, 7) is 10.1. The third kappa shape index (κ3) is 4.42. The van der Waals surface area contributed by atoms with Crippen LogP contribution in [0.1, 0.15) is 35.3 Å². The third-order valence-corrected chi connectivity index (χ3v) is 4.09. The van der Waals surface area contributed by atoms with E-state index in [1.807, 2.05) is 37.3 Å². The number of hydrogen-bond acceptors (Lipinski definition) is 3. The first kappa shape index (κ1) is 19.9. The molecule has 2 aromatic carbocycles. The van der Waals surface area contributed by atoms with Crippen LogP contribution in [0.5, 0.6) is 0 Å². The number of hydrogen-bond donors (Lipinski definition) is 1. The van der Waals surface area contributed by atoms with E-state index in [-0.39, 0.29) is 5.56 Å². The Kier molecular flexibility index (Phi) is 6.89. The number of rotatable bonds is 5. The fraction of sp³-hybridized carbons (Fsp3) is 0.130. The number of aromatic nitrogens is 1. The van der Waals surface area contributed by atoms with E-state index in [0.717, 1.165) is 23.1 Å². The van der Waals surface area contributed by atoms with Gasteiger partial charge in [-0.15, -0.1) is 13.2 Å². The normalized spacial score (nSPS) is 10.4. The summed E-state index contributed by atoms with van der Waals surface area (Å²) in [6, 6.07) is 14.6. The molecule has 4 heteroatoms. The van der Waals surface area contributed by atoms with Crippen LogP contribution in [0.25, 0.3) is 28.7 Å². The molecular weight excluding hydrogens is 338 g/mol. The highest BCUT2D eigenvalue weighted by atomic mass is 16.5. The lowest BCUT2D eigenvalue weighted by atomic mass is 9.96. The van der Waals surface area contributed by atoms with Crippen molar-refractivity contribution in [2.24, 2.45) is 0 Å². The van der Waals surface area contributed by atoms with E-state index in [9.17, 15) is 4.79 Å². The number of allylic oxidation sites excluding steroid dienone is 1. The largest absolute Gasteiger partial charge is 0.478 e. The first-order chi connectivity index (χ1) is 13.1.